The molecule has 2 aromatic rings. The van der Waals surface area contributed by atoms with E-state index >= 15 is 0 Å². The fourth-order valence-corrected chi connectivity index (χ4v) is 3.40. The summed E-state index contributed by atoms with van der Waals surface area (Å²) >= 11 is 0. The summed E-state index contributed by atoms with van der Waals surface area (Å²) in [6.07, 6.45) is 4.03. The molecule has 3 rings (SSSR count). The van der Waals surface area contributed by atoms with Crippen LogP contribution in [0.25, 0.3) is 0 Å². The van der Waals surface area contributed by atoms with E-state index < -0.39 is 0 Å². The quantitative estimate of drug-likeness (QED) is 0.579. The lowest BCUT2D eigenvalue weighted by Crippen LogP contribution is -2.29. The number of aliphatic imine (C=N–C) groups is 1. The Kier molecular flexibility index (Phi) is 7.25. The Labute approximate surface area is 162 Å². The second kappa shape index (κ2) is 10.1. The van der Waals surface area contributed by atoms with E-state index in [2.05, 4.69) is 39.5 Å². The van der Waals surface area contributed by atoms with Gasteiger partial charge in [0.15, 0.2) is 5.96 Å². The van der Waals surface area contributed by atoms with E-state index in [-0.39, 0.29) is 0 Å². The first-order chi connectivity index (χ1) is 13.2. The Hall–Kier alpha value is -2.37. The highest BCUT2D eigenvalue weighted by atomic mass is 16.5. The number of nitrogens with zero attached hydrogens (tertiary/aromatic N) is 2. The van der Waals surface area contributed by atoms with E-state index in [9.17, 15) is 0 Å². The molecule has 1 fully saturated rings. The van der Waals surface area contributed by atoms with Crippen molar-refractivity contribution in [2.24, 2.45) is 10.7 Å². The van der Waals surface area contributed by atoms with Crippen LogP contribution < -0.4 is 11.1 Å². The molecular formula is C22H30N4O. The summed E-state index contributed by atoms with van der Waals surface area (Å²) in [5.41, 5.74) is 10.6. The highest BCUT2D eigenvalue weighted by Gasteiger charge is 2.10. The molecule has 0 aliphatic carbocycles. The third kappa shape index (κ3) is 6.08. The van der Waals surface area contributed by atoms with E-state index in [1.807, 2.05) is 24.3 Å². The van der Waals surface area contributed by atoms with E-state index in [4.69, 9.17) is 10.5 Å². The van der Waals surface area contributed by atoms with Gasteiger partial charge in [-0.3, -0.25) is 4.90 Å². The molecule has 0 radical (unpaired) electrons. The maximum absolute atomic E-state index is 6.06. The van der Waals surface area contributed by atoms with Crippen LogP contribution in [0.2, 0.25) is 0 Å². The number of anilines is 1. The molecule has 0 unspecified atom stereocenters. The molecule has 1 aliphatic heterocycles. The Morgan fingerprint density at radius 3 is 2.48 bits per heavy atom. The van der Waals surface area contributed by atoms with Gasteiger partial charge in [-0.05, 0) is 43.1 Å². The van der Waals surface area contributed by atoms with Gasteiger partial charge in [-0.2, -0.15) is 0 Å². The Morgan fingerprint density at radius 1 is 1.04 bits per heavy atom. The third-order valence-electron chi connectivity index (χ3n) is 4.89. The average Bonchev–Trinajstić information content (AvgIpc) is 2.70. The van der Waals surface area contributed by atoms with Crippen molar-refractivity contribution in [3.8, 4) is 0 Å². The van der Waals surface area contributed by atoms with E-state index in [0.717, 1.165) is 23.4 Å². The van der Waals surface area contributed by atoms with Crippen molar-refractivity contribution in [3.05, 3.63) is 65.2 Å². The molecule has 1 heterocycles. The molecule has 0 spiro atoms. The molecular weight excluding hydrogens is 336 g/mol. The Morgan fingerprint density at radius 2 is 1.74 bits per heavy atom. The van der Waals surface area contributed by atoms with Gasteiger partial charge in [0.25, 0.3) is 0 Å². The van der Waals surface area contributed by atoms with Crippen LogP contribution in [0.5, 0.6) is 0 Å². The van der Waals surface area contributed by atoms with E-state index in [0.29, 0.717) is 19.1 Å². The van der Waals surface area contributed by atoms with Gasteiger partial charge >= 0.3 is 0 Å². The lowest BCUT2D eigenvalue weighted by molar-refractivity contribution is 0.185. The highest BCUT2D eigenvalue weighted by molar-refractivity contribution is 5.92. The molecule has 0 amide bonds. The summed E-state index contributed by atoms with van der Waals surface area (Å²) in [4.78, 5) is 7.01. The van der Waals surface area contributed by atoms with Crippen molar-refractivity contribution in [3.63, 3.8) is 0 Å². The summed E-state index contributed by atoms with van der Waals surface area (Å²) in [5, 5.41) is 3.17. The van der Waals surface area contributed by atoms with Crippen LogP contribution in [0.3, 0.4) is 0 Å². The predicted molar refractivity (Wildman–Crippen MR) is 112 cm³/mol. The first-order valence-electron chi connectivity index (χ1n) is 9.68. The number of guanidine groups is 1. The number of hydrogen-bond donors (Lipinski definition) is 2. The predicted octanol–water partition coefficient (Wildman–Crippen LogP) is 3.75. The first kappa shape index (κ1) is 19.4. The minimum absolute atomic E-state index is 0.413. The number of hydrogen-bond acceptors (Lipinski definition) is 3. The molecule has 0 saturated carbocycles. The maximum Gasteiger partial charge on any atom is 0.193 e. The number of nitrogens with two attached hydrogens (primary N) is 1. The van der Waals surface area contributed by atoms with Crippen LogP contribution in [0.1, 0.15) is 36.0 Å². The summed E-state index contributed by atoms with van der Waals surface area (Å²) in [7, 11) is 1.68. The summed E-state index contributed by atoms with van der Waals surface area (Å²) in [6.45, 7) is 4.59. The van der Waals surface area contributed by atoms with E-state index in [1.54, 1.807) is 7.11 Å². The van der Waals surface area contributed by atoms with Crippen LogP contribution in [-0.2, 0) is 24.4 Å². The van der Waals surface area contributed by atoms with Gasteiger partial charge in [0.05, 0.1) is 13.2 Å². The Bertz CT molecular complexity index is 736. The smallest absolute Gasteiger partial charge is 0.193 e. The molecule has 1 aliphatic rings. The van der Waals surface area contributed by atoms with Crippen LogP contribution in [0.15, 0.2) is 53.5 Å². The highest BCUT2D eigenvalue weighted by Crippen LogP contribution is 2.16. The third-order valence-corrected chi connectivity index (χ3v) is 4.89. The number of methoxy groups -OCH3 is 1. The average molecular weight is 367 g/mol. The minimum Gasteiger partial charge on any atom is -0.380 e. The largest absolute Gasteiger partial charge is 0.380 e. The van der Waals surface area contributed by atoms with Crippen LogP contribution >= 0.6 is 0 Å². The number of nitrogens with one attached hydrogen (secondary N) is 1. The molecule has 0 atom stereocenters. The zero-order valence-corrected chi connectivity index (χ0v) is 16.2. The van der Waals surface area contributed by atoms with Crippen molar-refractivity contribution < 1.29 is 4.74 Å². The number of likely N-dealkylation sites (tertiary alicyclic amines) is 1. The fourth-order valence-electron chi connectivity index (χ4n) is 3.40. The summed E-state index contributed by atoms with van der Waals surface area (Å²) in [6, 6.07) is 16.7. The standard InChI is InChI=1S/C22H30N4O/c1-27-17-20-7-3-4-8-21(20)25-22(23)24-15-18-9-11-19(12-10-18)16-26-13-5-2-6-14-26/h3-4,7-12H,2,5-6,13-17H2,1H3,(H3,23,24,25). The molecule has 5 nitrogen and oxygen atoms in total. The zero-order valence-electron chi connectivity index (χ0n) is 16.2. The number of benzene rings is 2. The second-order valence-electron chi connectivity index (χ2n) is 7.07. The minimum atomic E-state index is 0.413. The second-order valence-corrected chi connectivity index (χ2v) is 7.07. The lowest BCUT2D eigenvalue weighted by atomic mass is 10.1. The molecule has 0 aromatic heterocycles. The van der Waals surface area contributed by atoms with Gasteiger partial charge < -0.3 is 15.8 Å². The van der Waals surface area contributed by atoms with Gasteiger partial charge in [-0.25, -0.2) is 4.99 Å². The number of ether oxygens (including phenoxy) is 1. The topological polar surface area (TPSA) is 62.9 Å². The van der Waals surface area contributed by atoms with Crippen LogP contribution in [0.4, 0.5) is 5.69 Å². The van der Waals surface area contributed by atoms with Crippen molar-refractivity contribution >= 4 is 11.6 Å². The number of rotatable bonds is 7. The molecule has 5 heteroatoms. The van der Waals surface area contributed by atoms with Crippen LogP contribution in [-0.4, -0.2) is 31.1 Å². The molecule has 144 valence electrons. The van der Waals surface area contributed by atoms with Crippen molar-refractivity contribution in [1.29, 1.82) is 0 Å². The van der Waals surface area contributed by atoms with Crippen molar-refractivity contribution in [2.75, 3.05) is 25.5 Å². The van der Waals surface area contributed by atoms with Gasteiger partial charge in [0.2, 0.25) is 0 Å². The molecule has 1 saturated heterocycles. The maximum atomic E-state index is 6.06. The SMILES string of the molecule is COCc1ccccc1NC(N)=NCc1ccc(CN2CCCCC2)cc1. The molecule has 3 N–H and O–H groups in total. The summed E-state index contributed by atoms with van der Waals surface area (Å²) < 4.78 is 5.22. The lowest BCUT2D eigenvalue weighted by Gasteiger charge is -2.26. The monoisotopic (exact) mass is 366 g/mol. The first-order valence-corrected chi connectivity index (χ1v) is 9.68. The molecule has 2 aromatic carbocycles. The van der Waals surface area contributed by atoms with Gasteiger partial charge in [0, 0.05) is 24.9 Å². The van der Waals surface area contributed by atoms with Gasteiger partial charge in [0.1, 0.15) is 0 Å². The van der Waals surface area contributed by atoms with Crippen LogP contribution in [0, 0.1) is 0 Å². The van der Waals surface area contributed by atoms with E-state index in [1.165, 1.54) is 37.9 Å². The normalized spacial score (nSPS) is 15.7. The summed E-state index contributed by atoms with van der Waals surface area (Å²) in [5.74, 6) is 0.413. The molecule has 0 bridgehead atoms. The van der Waals surface area contributed by atoms with Gasteiger partial charge in [-0.15, -0.1) is 0 Å². The number of para-hydroxylation sites is 1. The Balaban J connectivity index is 1.54. The number of piperidine rings is 1. The van der Waals surface area contributed by atoms with Gasteiger partial charge in [-0.1, -0.05) is 48.9 Å². The zero-order chi connectivity index (χ0) is 18.9. The molecule has 27 heavy (non-hydrogen) atoms. The fraction of sp³-hybridized carbons (Fsp3) is 0.409. The van der Waals surface area contributed by atoms with Crippen molar-refractivity contribution in [1.82, 2.24) is 4.90 Å². The van der Waals surface area contributed by atoms with Crippen molar-refractivity contribution in [2.45, 2.75) is 39.0 Å².